The van der Waals surface area contributed by atoms with Crippen molar-refractivity contribution in [1.82, 2.24) is 15.0 Å². The Bertz CT molecular complexity index is 1120. The SMILES string of the molecule is C1=CCC=C(CCOc2nccc(N3CCOCC3)n2)N=C1.CON.Cc1c[nH]c2ccccc12. The zero-order valence-corrected chi connectivity index (χ0v) is 20.4. The van der Waals surface area contributed by atoms with Crippen LogP contribution in [0, 0.1) is 6.92 Å². The Kier molecular flexibility index (Phi) is 10.9. The minimum Gasteiger partial charge on any atom is -0.463 e. The zero-order valence-electron chi connectivity index (χ0n) is 20.4. The van der Waals surface area contributed by atoms with Gasteiger partial charge in [-0.2, -0.15) is 4.98 Å². The standard InChI is InChI=1S/C16H20N4O2.C9H9N.CH5NO/c1-2-4-14(17-7-3-1)6-11-22-16-18-8-5-15(19-16)20-9-12-21-13-10-20;1-7-6-10-9-5-3-2-4-8(7)9;1-3-2/h1,3-5,7-8H,2,6,9-13H2;2-6,10H,1H3;2H2,1H3. The lowest BCUT2D eigenvalue weighted by molar-refractivity contribution is 0.122. The number of hydrogen-bond acceptors (Lipinski definition) is 8. The van der Waals surface area contributed by atoms with Crippen molar-refractivity contribution in [2.75, 3.05) is 44.9 Å². The molecule has 186 valence electrons. The molecule has 9 nitrogen and oxygen atoms in total. The maximum absolute atomic E-state index is 5.67. The summed E-state index contributed by atoms with van der Waals surface area (Å²) >= 11 is 0. The molecule has 0 aliphatic carbocycles. The van der Waals surface area contributed by atoms with Crippen LogP contribution in [0.2, 0.25) is 0 Å². The Morgan fingerprint density at radius 2 is 1.97 bits per heavy atom. The maximum Gasteiger partial charge on any atom is 0.318 e. The summed E-state index contributed by atoms with van der Waals surface area (Å²) in [6.07, 6.45) is 13.4. The number of aromatic nitrogens is 3. The van der Waals surface area contributed by atoms with Gasteiger partial charge in [-0.25, -0.2) is 10.9 Å². The van der Waals surface area contributed by atoms with Gasteiger partial charge in [0.05, 0.1) is 26.9 Å². The molecule has 0 saturated carbocycles. The molecule has 1 saturated heterocycles. The molecule has 1 fully saturated rings. The second kappa shape index (κ2) is 14.7. The number of H-pyrrole nitrogens is 1. The van der Waals surface area contributed by atoms with E-state index in [0.29, 0.717) is 12.6 Å². The van der Waals surface area contributed by atoms with Crippen LogP contribution >= 0.6 is 0 Å². The summed E-state index contributed by atoms with van der Waals surface area (Å²) in [6, 6.07) is 10.6. The van der Waals surface area contributed by atoms with E-state index < -0.39 is 0 Å². The van der Waals surface area contributed by atoms with Crippen molar-refractivity contribution in [2.24, 2.45) is 10.9 Å². The number of morpholine rings is 1. The average Bonchev–Trinajstić information content (AvgIpc) is 3.09. The average molecular weight is 479 g/mol. The molecule has 9 heteroatoms. The van der Waals surface area contributed by atoms with Gasteiger partial charge < -0.3 is 24.2 Å². The maximum atomic E-state index is 5.67. The van der Waals surface area contributed by atoms with Crippen LogP contribution in [0.4, 0.5) is 5.82 Å². The fourth-order valence-electron chi connectivity index (χ4n) is 3.54. The number of ether oxygens (including phenoxy) is 2. The molecule has 1 aromatic carbocycles. The van der Waals surface area contributed by atoms with Crippen molar-refractivity contribution in [3.05, 3.63) is 72.2 Å². The molecule has 3 aromatic rings. The van der Waals surface area contributed by atoms with Gasteiger partial charge in [-0.15, -0.1) is 0 Å². The van der Waals surface area contributed by atoms with Crippen molar-refractivity contribution >= 4 is 22.9 Å². The molecule has 3 N–H and O–H groups in total. The van der Waals surface area contributed by atoms with E-state index in [9.17, 15) is 0 Å². The van der Waals surface area contributed by atoms with E-state index in [-0.39, 0.29) is 0 Å². The van der Waals surface area contributed by atoms with E-state index in [1.54, 1.807) is 6.20 Å². The fraction of sp³-hybridized carbons (Fsp3) is 0.346. The van der Waals surface area contributed by atoms with Crippen LogP contribution in [-0.4, -0.2) is 61.2 Å². The first-order chi connectivity index (χ1) is 17.2. The van der Waals surface area contributed by atoms with Crippen molar-refractivity contribution in [3.63, 3.8) is 0 Å². The van der Waals surface area contributed by atoms with Crippen LogP contribution in [0.15, 0.2) is 71.6 Å². The highest BCUT2D eigenvalue weighted by Crippen LogP contribution is 2.16. The molecule has 2 aliphatic heterocycles. The van der Waals surface area contributed by atoms with Gasteiger partial charge in [0, 0.05) is 54.7 Å². The third-order valence-electron chi connectivity index (χ3n) is 5.29. The van der Waals surface area contributed by atoms with Crippen LogP contribution in [0.25, 0.3) is 10.9 Å². The topological polar surface area (TPSA) is 111 Å². The molecular weight excluding hydrogens is 444 g/mol. The molecule has 2 aromatic heterocycles. The van der Waals surface area contributed by atoms with Gasteiger partial charge in [0.2, 0.25) is 0 Å². The van der Waals surface area contributed by atoms with Crippen LogP contribution < -0.4 is 15.5 Å². The number of aliphatic imine (C=N–C) groups is 1. The number of benzene rings is 1. The smallest absolute Gasteiger partial charge is 0.318 e. The summed E-state index contributed by atoms with van der Waals surface area (Å²) in [5.74, 6) is 5.24. The minimum absolute atomic E-state index is 0.417. The first-order valence-electron chi connectivity index (χ1n) is 11.6. The minimum atomic E-state index is 0.417. The Morgan fingerprint density at radius 3 is 2.77 bits per heavy atom. The van der Waals surface area contributed by atoms with E-state index in [0.717, 1.165) is 50.7 Å². The number of aryl methyl sites for hydroxylation is 1. The molecule has 4 heterocycles. The molecule has 35 heavy (non-hydrogen) atoms. The van der Waals surface area contributed by atoms with E-state index in [2.05, 4.69) is 72.9 Å². The monoisotopic (exact) mass is 478 g/mol. The molecule has 0 unspecified atom stereocenters. The summed E-state index contributed by atoms with van der Waals surface area (Å²) in [6.45, 7) is 5.81. The van der Waals surface area contributed by atoms with Crippen molar-refractivity contribution in [2.45, 2.75) is 19.8 Å². The number of aromatic amines is 1. The normalized spacial score (nSPS) is 14.8. The number of hydrogen-bond donors (Lipinski definition) is 2. The first kappa shape index (κ1) is 26.1. The highest BCUT2D eigenvalue weighted by molar-refractivity contribution is 5.82. The van der Waals surface area contributed by atoms with Gasteiger partial charge in [0.25, 0.3) is 0 Å². The number of para-hydroxylation sites is 1. The zero-order chi connectivity index (χ0) is 24.7. The predicted octanol–water partition coefficient (Wildman–Crippen LogP) is 3.98. The summed E-state index contributed by atoms with van der Waals surface area (Å²) < 4.78 is 11.0. The lowest BCUT2D eigenvalue weighted by atomic mass is 10.2. The van der Waals surface area contributed by atoms with Gasteiger partial charge in [0.1, 0.15) is 5.82 Å². The molecule has 0 spiro atoms. The van der Waals surface area contributed by atoms with Crippen molar-refractivity contribution in [1.29, 1.82) is 0 Å². The number of fused-ring (bicyclic) bond motifs is 1. The fourth-order valence-corrected chi connectivity index (χ4v) is 3.54. The van der Waals surface area contributed by atoms with E-state index in [4.69, 9.17) is 9.47 Å². The Morgan fingerprint density at radius 1 is 1.17 bits per heavy atom. The second-order valence-corrected chi connectivity index (χ2v) is 7.79. The molecule has 0 radical (unpaired) electrons. The molecule has 5 rings (SSSR count). The molecule has 2 aliphatic rings. The van der Waals surface area contributed by atoms with Crippen LogP contribution in [-0.2, 0) is 9.57 Å². The highest BCUT2D eigenvalue weighted by atomic mass is 16.6. The highest BCUT2D eigenvalue weighted by Gasteiger charge is 2.13. The molecule has 0 atom stereocenters. The van der Waals surface area contributed by atoms with Crippen molar-refractivity contribution in [3.8, 4) is 6.01 Å². The van der Waals surface area contributed by atoms with E-state index >= 15 is 0 Å². The molecular formula is C26H34N6O3. The lowest BCUT2D eigenvalue weighted by Gasteiger charge is -2.27. The van der Waals surface area contributed by atoms with E-state index in [1.807, 2.05) is 30.6 Å². The number of allylic oxidation sites excluding steroid dienone is 3. The van der Waals surface area contributed by atoms with Crippen LogP contribution in [0.1, 0.15) is 18.4 Å². The molecule has 0 bridgehead atoms. The Hall–Kier alpha value is -3.53. The first-order valence-corrected chi connectivity index (χ1v) is 11.6. The largest absolute Gasteiger partial charge is 0.463 e. The summed E-state index contributed by atoms with van der Waals surface area (Å²) in [5, 5.41) is 1.32. The van der Waals surface area contributed by atoms with Crippen LogP contribution in [0.3, 0.4) is 0 Å². The predicted molar refractivity (Wildman–Crippen MR) is 140 cm³/mol. The van der Waals surface area contributed by atoms with Gasteiger partial charge in [-0.05, 0) is 37.1 Å². The third kappa shape index (κ3) is 8.64. The number of nitrogens with zero attached hydrogens (tertiary/aromatic N) is 4. The van der Waals surface area contributed by atoms with Gasteiger partial charge in [-0.3, -0.25) is 4.99 Å². The third-order valence-corrected chi connectivity index (χ3v) is 5.29. The summed E-state index contributed by atoms with van der Waals surface area (Å²) in [4.78, 5) is 22.1. The quantitative estimate of drug-likeness (QED) is 0.534. The number of nitrogens with one attached hydrogen (secondary N) is 1. The number of anilines is 1. The number of rotatable bonds is 5. The van der Waals surface area contributed by atoms with E-state index in [1.165, 1.54) is 23.6 Å². The summed E-state index contributed by atoms with van der Waals surface area (Å²) in [5.41, 5.74) is 3.57. The van der Waals surface area contributed by atoms with Crippen LogP contribution in [0.5, 0.6) is 6.01 Å². The lowest BCUT2D eigenvalue weighted by Crippen LogP contribution is -2.36. The Balaban J connectivity index is 0.000000217. The molecule has 0 amide bonds. The number of nitrogens with two attached hydrogens (primary N) is 1. The Labute approximate surface area is 206 Å². The summed E-state index contributed by atoms with van der Waals surface area (Å²) in [7, 11) is 1.40. The second-order valence-electron chi connectivity index (χ2n) is 7.79. The van der Waals surface area contributed by atoms with Gasteiger partial charge in [-0.1, -0.05) is 30.4 Å². The van der Waals surface area contributed by atoms with Gasteiger partial charge in [0.15, 0.2) is 0 Å². The van der Waals surface area contributed by atoms with Crippen molar-refractivity contribution < 1.29 is 14.3 Å². The van der Waals surface area contributed by atoms with Gasteiger partial charge >= 0.3 is 6.01 Å².